The van der Waals surface area contributed by atoms with Gasteiger partial charge in [-0.3, -0.25) is 0 Å². The smallest absolute Gasteiger partial charge is 0.183 e. The van der Waals surface area contributed by atoms with E-state index in [1.54, 1.807) is 7.11 Å². The van der Waals surface area contributed by atoms with Crippen LogP contribution >= 0.6 is 0 Å². The Morgan fingerprint density at radius 1 is 0.935 bits per heavy atom. The first-order chi connectivity index (χ1) is 14.9. The number of imidazole rings is 1. The van der Waals surface area contributed by atoms with Crippen molar-refractivity contribution in [3.05, 3.63) is 54.5 Å². The molecule has 3 aromatic heterocycles. The second-order valence-electron chi connectivity index (χ2n) is 7.71. The van der Waals surface area contributed by atoms with E-state index < -0.39 is 0 Å². The third-order valence-electron chi connectivity index (χ3n) is 5.44. The summed E-state index contributed by atoms with van der Waals surface area (Å²) in [5.41, 5.74) is 6.47. The molecule has 0 aliphatic heterocycles. The van der Waals surface area contributed by atoms with Gasteiger partial charge >= 0.3 is 0 Å². The first-order valence-electron chi connectivity index (χ1n) is 9.97. The molecule has 8 nitrogen and oxygen atoms in total. The Morgan fingerprint density at radius 2 is 1.71 bits per heavy atom. The molecule has 5 rings (SSSR count). The number of aromatic nitrogens is 6. The molecule has 0 atom stereocenters. The van der Waals surface area contributed by atoms with Gasteiger partial charge in [-0.05, 0) is 49.4 Å². The highest BCUT2D eigenvalue weighted by Gasteiger charge is 2.20. The molecule has 0 radical (unpaired) electrons. The summed E-state index contributed by atoms with van der Waals surface area (Å²) >= 11 is 0. The molecule has 0 spiro atoms. The second-order valence-corrected chi connectivity index (χ2v) is 7.71. The third kappa shape index (κ3) is 3.16. The summed E-state index contributed by atoms with van der Waals surface area (Å²) in [6.45, 7) is 1.97. The lowest BCUT2D eigenvalue weighted by atomic mass is 10.2. The minimum atomic E-state index is 0.687. The molecule has 3 heterocycles. The van der Waals surface area contributed by atoms with Crippen LogP contribution in [-0.4, -0.2) is 50.5 Å². The Balaban J connectivity index is 1.80. The van der Waals surface area contributed by atoms with Crippen LogP contribution in [0.3, 0.4) is 0 Å². The zero-order chi connectivity index (χ0) is 21.7. The monoisotopic (exact) mass is 413 g/mol. The minimum Gasteiger partial charge on any atom is -0.497 e. The number of fused-ring (bicyclic) bond motifs is 2. The molecule has 31 heavy (non-hydrogen) atoms. The number of methoxy groups -OCH3 is 1. The Bertz CT molecular complexity index is 1390. The van der Waals surface area contributed by atoms with E-state index >= 15 is 0 Å². The molecule has 0 unspecified atom stereocenters. The first-order valence-corrected chi connectivity index (χ1v) is 9.97. The Hall–Kier alpha value is -3.94. The maximum Gasteiger partial charge on any atom is 0.183 e. The van der Waals surface area contributed by atoms with Crippen molar-refractivity contribution in [3.8, 4) is 22.8 Å². The number of hydrogen-bond acceptors (Lipinski definition) is 6. The number of hydrogen-bond donors (Lipinski definition) is 0. The summed E-state index contributed by atoms with van der Waals surface area (Å²) in [7, 11) is 7.64. The summed E-state index contributed by atoms with van der Waals surface area (Å²) in [5.74, 6) is 1.69. The highest BCUT2D eigenvalue weighted by Crippen LogP contribution is 2.30. The summed E-state index contributed by atoms with van der Waals surface area (Å²) in [6.07, 6.45) is 1.97. The van der Waals surface area contributed by atoms with Crippen molar-refractivity contribution >= 4 is 27.9 Å². The lowest BCUT2D eigenvalue weighted by Gasteiger charge is -2.12. The van der Waals surface area contributed by atoms with E-state index in [1.165, 1.54) is 0 Å². The Morgan fingerprint density at radius 3 is 2.35 bits per heavy atom. The van der Waals surface area contributed by atoms with Crippen LogP contribution in [0.25, 0.3) is 39.3 Å². The van der Waals surface area contributed by atoms with Gasteiger partial charge in [0.15, 0.2) is 5.65 Å². The lowest BCUT2D eigenvalue weighted by molar-refractivity contribution is 0.414. The van der Waals surface area contributed by atoms with E-state index in [-0.39, 0.29) is 0 Å². The standard InChI is InChI=1S/C23H23N7O/c1-14-24-20(13-29(14)4)21-22-23(30(27-21)15-6-9-17(31-5)10-7-15)26-19-12-16(28(2)3)8-11-18(19)25-22/h6-13H,1-5H3. The molecule has 0 aliphatic carbocycles. The Kier molecular flexibility index (Phi) is 4.35. The van der Waals surface area contributed by atoms with Gasteiger partial charge in [-0.2, -0.15) is 5.10 Å². The summed E-state index contributed by atoms with van der Waals surface area (Å²) < 4.78 is 9.10. The van der Waals surface area contributed by atoms with Gasteiger partial charge in [0.05, 0.1) is 23.8 Å². The molecule has 8 heteroatoms. The van der Waals surface area contributed by atoms with Crippen molar-refractivity contribution in [1.29, 1.82) is 0 Å². The first kappa shape index (κ1) is 19.0. The molecule has 5 aromatic rings. The topological polar surface area (TPSA) is 73.9 Å². The van der Waals surface area contributed by atoms with Crippen LogP contribution in [0.5, 0.6) is 5.75 Å². The number of aryl methyl sites for hydroxylation is 2. The molecule has 0 aliphatic rings. The zero-order valence-electron chi connectivity index (χ0n) is 18.2. The number of benzene rings is 2. The fourth-order valence-electron chi connectivity index (χ4n) is 3.56. The molecule has 0 fully saturated rings. The fourth-order valence-corrected chi connectivity index (χ4v) is 3.56. The SMILES string of the molecule is COc1ccc(-n2nc(-c3cn(C)c(C)n3)c3nc4ccc(N(C)C)cc4nc32)cc1. The van der Waals surface area contributed by atoms with Gasteiger partial charge in [0, 0.05) is 33.0 Å². The number of nitrogens with zero attached hydrogens (tertiary/aromatic N) is 7. The van der Waals surface area contributed by atoms with Crippen LogP contribution in [0.4, 0.5) is 5.69 Å². The van der Waals surface area contributed by atoms with Crippen LogP contribution in [0, 0.1) is 6.92 Å². The maximum atomic E-state index is 5.30. The number of anilines is 1. The van der Waals surface area contributed by atoms with Gasteiger partial charge in [-0.1, -0.05) is 0 Å². The fraction of sp³-hybridized carbons (Fsp3) is 0.217. The summed E-state index contributed by atoms with van der Waals surface area (Å²) in [5, 5.41) is 4.88. The van der Waals surface area contributed by atoms with Crippen molar-refractivity contribution in [2.45, 2.75) is 6.92 Å². The van der Waals surface area contributed by atoms with Crippen molar-refractivity contribution in [2.75, 3.05) is 26.1 Å². The predicted octanol–water partition coefficient (Wildman–Crippen LogP) is 3.75. The molecule has 0 bridgehead atoms. The normalized spacial score (nSPS) is 11.4. The highest BCUT2D eigenvalue weighted by atomic mass is 16.5. The summed E-state index contributed by atoms with van der Waals surface area (Å²) in [6, 6.07) is 13.8. The van der Waals surface area contributed by atoms with Gasteiger partial charge < -0.3 is 14.2 Å². The van der Waals surface area contributed by atoms with Gasteiger partial charge in [-0.25, -0.2) is 19.6 Å². The number of rotatable bonds is 4. The number of ether oxygens (including phenoxy) is 1. The molecular formula is C23H23N7O. The van der Waals surface area contributed by atoms with Crippen LogP contribution in [0.1, 0.15) is 5.82 Å². The molecule has 156 valence electrons. The third-order valence-corrected chi connectivity index (χ3v) is 5.44. The average Bonchev–Trinajstić information content (AvgIpc) is 3.31. The van der Waals surface area contributed by atoms with Crippen LogP contribution in [0.15, 0.2) is 48.7 Å². The van der Waals surface area contributed by atoms with Crippen molar-refractivity contribution in [2.24, 2.45) is 7.05 Å². The molecule has 2 aromatic carbocycles. The maximum absolute atomic E-state index is 5.30. The van der Waals surface area contributed by atoms with Gasteiger partial charge in [0.1, 0.15) is 28.5 Å². The quantitative estimate of drug-likeness (QED) is 0.447. The van der Waals surface area contributed by atoms with Crippen LogP contribution in [-0.2, 0) is 7.05 Å². The van der Waals surface area contributed by atoms with Crippen LogP contribution in [0.2, 0.25) is 0 Å². The van der Waals surface area contributed by atoms with E-state index in [4.69, 9.17) is 19.8 Å². The Labute approximate surface area is 179 Å². The van der Waals surface area contributed by atoms with Gasteiger partial charge in [0.25, 0.3) is 0 Å². The van der Waals surface area contributed by atoms with Crippen molar-refractivity contribution in [3.63, 3.8) is 0 Å². The molecule has 0 amide bonds. The van der Waals surface area contributed by atoms with Gasteiger partial charge in [-0.15, -0.1) is 0 Å². The van der Waals surface area contributed by atoms with E-state index in [2.05, 4.69) is 4.98 Å². The largest absolute Gasteiger partial charge is 0.497 e. The molecule has 0 saturated heterocycles. The van der Waals surface area contributed by atoms with Crippen LogP contribution < -0.4 is 9.64 Å². The summed E-state index contributed by atoms with van der Waals surface area (Å²) in [4.78, 5) is 16.6. The molecule has 0 N–H and O–H groups in total. The predicted molar refractivity (Wildman–Crippen MR) is 122 cm³/mol. The van der Waals surface area contributed by atoms with E-state index in [0.29, 0.717) is 11.3 Å². The van der Waals surface area contributed by atoms with Gasteiger partial charge in [0.2, 0.25) is 0 Å². The average molecular weight is 413 g/mol. The van der Waals surface area contributed by atoms with Crippen molar-refractivity contribution in [1.82, 2.24) is 29.3 Å². The van der Waals surface area contributed by atoms with E-state index in [9.17, 15) is 0 Å². The minimum absolute atomic E-state index is 0.687. The zero-order valence-corrected chi connectivity index (χ0v) is 18.2. The van der Waals surface area contributed by atoms with E-state index in [0.717, 1.165) is 45.2 Å². The molecule has 0 saturated carbocycles. The lowest BCUT2D eigenvalue weighted by Crippen LogP contribution is -2.08. The second kappa shape index (κ2) is 7.09. The van der Waals surface area contributed by atoms with Crippen molar-refractivity contribution < 1.29 is 4.74 Å². The highest BCUT2D eigenvalue weighted by molar-refractivity contribution is 5.94. The van der Waals surface area contributed by atoms with E-state index in [1.807, 2.05) is 90.9 Å². The molecular weight excluding hydrogens is 390 g/mol.